The van der Waals surface area contributed by atoms with Crippen LogP contribution in [0.15, 0.2) is 35.5 Å². The van der Waals surface area contributed by atoms with Crippen LogP contribution in [0.5, 0.6) is 11.5 Å². The third-order valence-electron chi connectivity index (χ3n) is 6.66. The summed E-state index contributed by atoms with van der Waals surface area (Å²) >= 11 is 5.59. The van der Waals surface area contributed by atoms with Crippen LogP contribution in [0.1, 0.15) is 37.7 Å². The van der Waals surface area contributed by atoms with Gasteiger partial charge in [0.25, 0.3) is 0 Å². The molecule has 172 valence electrons. The minimum absolute atomic E-state index is 0.00539. The number of nitrogens with zero attached hydrogens (tertiary/aromatic N) is 2. The molecule has 0 spiro atoms. The normalized spacial score (nSPS) is 26.8. The fourth-order valence-electron chi connectivity index (χ4n) is 4.81. The van der Waals surface area contributed by atoms with E-state index in [0.29, 0.717) is 40.7 Å². The molecule has 1 amide bonds. The van der Waals surface area contributed by atoms with E-state index >= 15 is 0 Å². The average Bonchev–Trinajstić information content (AvgIpc) is 3.33. The number of aromatic hydroxyl groups is 1. The standard InChI is InChI=1S/C23H31N5O3S/c1-31-20-6-2-4-18(21(20)29)14-24-26-22(30)16-5-3-10-28(11-9-16)23(32)27-25-19-13-15-7-8-17(19)12-15/h2,4,6-8,14-17,19,25,29H,3,5,9-13H2,1H3,(H,26,30)(H,27,32)/b24-14+/t15-,16-,17+,19+/m1/s1. The minimum Gasteiger partial charge on any atom is -0.504 e. The Kier molecular flexibility index (Phi) is 7.26. The SMILES string of the molecule is COc1cccc(/C=N/NC(=O)[C@@H]2CCCN(C(=S)NN[C@H]3C[C@@H]4C=C[C@H]3C4)CC2)c1O. The highest BCUT2D eigenvalue weighted by Gasteiger charge is 2.35. The van der Waals surface area contributed by atoms with Crippen LogP contribution in [0.3, 0.4) is 0 Å². The number of likely N-dealkylation sites (tertiary alicyclic amines) is 1. The van der Waals surface area contributed by atoms with Gasteiger partial charge in [-0.05, 0) is 68.3 Å². The Hall–Kier alpha value is -2.65. The zero-order valence-corrected chi connectivity index (χ0v) is 19.1. The largest absolute Gasteiger partial charge is 0.504 e. The number of carbonyl (C=O) groups is 1. The fourth-order valence-corrected chi connectivity index (χ4v) is 5.05. The number of hydrogen-bond acceptors (Lipinski definition) is 6. The molecule has 3 aliphatic rings. The van der Waals surface area contributed by atoms with Crippen LogP contribution in [-0.4, -0.2) is 53.5 Å². The first-order chi connectivity index (χ1) is 15.5. The molecule has 9 heteroatoms. The molecule has 2 bridgehead atoms. The van der Waals surface area contributed by atoms with Gasteiger partial charge in [-0.2, -0.15) is 5.10 Å². The molecule has 1 heterocycles. The molecule has 2 aliphatic carbocycles. The van der Waals surface area contributed by atoms with Crippen molar-refractivity contribution in [1.82, 2.24) is 21.2 Å². The molecule has 32 heavy (non-hydrogen) atoms. The number of carbonyl (C=O) groups excluding carboxylic acids is 1. The van der Waals surface area contributed by atoms with Crippen molar-refractivity contribution < 1.29 is 14.6 Å². The van der Waals surface area contributed by atoms with E-state index in [1.54, 1.807) is 18.2 Å². The number of hydrazone groups is 1. The third kappa shape index (κ3) is 5.21. The molecule has 0 radical (unpaired) electrons. The summed E-state index contributed by atoms with van der Waals surface area (Å²) in [6.07, 6.45) is 10.8. The second kappa shape index (κ2) is 10.3. The predicted octanol–water partition coefficient (Wildman–Crippen LogP) is 2.30. The summed E-state index contributed by atoms with van der Waals surface area (Å²) in [4.78, 5) is 14.7. The molecule has 8 nitrogen and oxygen atoms in total. The van der Waals surface area contributed by atoms with Gasteiger partial charge in [0.15, 0.2) is 16.6 Å². The lowest BCUT2D eigenvalue weighted by atomic mass is 10.0. The van der Waals surface area contributed by atoms with Gasteiger partial charge in [-0.1, -0.05) is 18.2 Å². The molecule has 2 fully saturated rings. The first kappa shape index (κ1) is 22.5. The highest BCUT2D eigenvalue weighted by Crippen LogP contribution is 2.38. The summed E-state index contributed by atoms with van der Waals surface area (Å²) in [5.41, 5.74) is 9.73. The summed E-state index contributed by atoms with van der Waals surface area (Å²) in [6.45, 7) is 1.55. The van der Waals surface area contributed by atoms with Crippen LogP contribution in [-0.2, 0) is 4.79 Å². The molecule has 1 saturated heterocycles. The number of benzene rings is 1. The van der Waals surface area contributed by atoms with E-state index < -0.39 is 0 Å². The van der Waals surface area contributed by atoms with Crippen LogP contribution < -0.4 is 21.0 Å². The topological polar surface area (TPSA) is 98.2 Å². The number of nitrogens with one attached hydrogen (secondary N) is 3. The molecule has 4 N–H and O–H groups in total. The van der Waals surface area contributed by atoms with E-state index in [9.17, 15) is 9.90 Å². The van der Waals surface area contributed by atoms with Gasteiger partial charge >= 0.3 is 0 Å². The number of amides is 1. The van der Waals surface area contributed by atoms with Crippen molar-refractivity contribution in [1.29, 1.82) is 0 Å². The monoisotopic (exact) mass is 457 g/mol. The number of allylic oxidation sites excluding steroid dienone is 1. The Labute approximate surface area is 194 Å². The predicted molar refractivity (Wildman–Crippen MR) is 127 cm³/mol. The van der Waals surface area contributed by atoms with Crippen molar-refractivity contribution in [3.63, 3.8) is 0 Å². The van der Waals surface area contributed by atoms with E-state index in [0.717, 1.165) is 32.4 Å². The Morgan fingerprint density at radius 3 is 2.91 bits per heavy atom. The summed E-state index contributed by atoms with van der Waals surface area (Å²) in [6, 6.07) is 5.55. The van der Waals surface area contributed by atoms with E-state index in [-0.39, 0.29) is 17.6 Å². The number of para-hydroxylation sites is 1. The summed E-state index contributed by atoms with van der Waals surface area (Å²) in [5.74, 6) is 1.43. The lowest BCUT2D eigenvalue weighted by Crippen LogP contribution is -2.51. The second-order valence-electron chi connectivity index (χ2n) is 8.71. The number of thiocarbonyl (C=S) groups is 1. The number of ether oxygens (including phenoxy) is 1. The molecule has 1 aliphatic heterocycles. The third-order valence-corrected chi connectivity index (χ3v) is 7.02. The van der Waals surface area contributed by atoms with Crippen LogP contribution in [0.2, 0.25) is 0 Å². The lowest BCUT2D eigenvalue weighted by Gasteiger charge is -2.27. The van der Waals surface area contributed by atoms with Gasteiger partial charge in [-0.3, -0.25) is 10.2 Å². The number of methoxy groups -OCH3 is 1. The van der Waals surface area contributed by atoms with Gasteiger partial charge < -0.3 is 14.7 Å². The zero-order chi connectivity index (χ0) is 22.5. The first-order valence-electron chi connectivity index (χ1n) is 11.2. The Morgan fingerprint density at radius 2 is 2.16 bits per heavy atom. The number of fused-ring (bicyclic) bond motifs is 2. The molecule has 0 unspecified atom stereocenters. The maximum absolute atomic E-state index is 12.6. The lowest BCUT2D eigenvalue weighted by molar-refractivity contribution is -0.125. The quantitative estimate of drug-likeness (QED) is 0.225. The Morgan fingerprint density at radius 1 is 1.28 bits per heavy atom. The number of hydrazine groups is 1. The fraction of sp³-hybridized carbons (Fsp3) is 0.522. The summed E-state index contributed by atoms with van der Waals surface area (Å²) < 4.78 is 5.08. The highest BCUT2D eigenvalue weighted by atomic mass is 32.1. The molecule has 1 aromatic rings. The van der Waals surface area contributed by atoms with Crippen molar-refractivity contribution in [2.24, 2.45) is 22.9 Å². The molecule has 1 aromatic carbocycles. The van der Waals surface area contributed by atoms with Gasteiger partial charge in [0.2, 0.25) is 5.91 Å². The maximum atomic E-state index is 12.6. The van der Waals surface area contributed by atoms with Gasteiger partial charge in [0.1, 0.15) is 0 Å². The number of phenolic OH excluding ortho intramolecular Hbond substituents is 1. The maximum Gasteiger partial charge on any atom is 0.243 e. The van der Waals surface area contributed by atoms with E-state index in [4.69, 9.17) is 17.0 Å². The average molecular weight is 458 g/mol. The minimum atomic E-state index is -0.123. The van der Waals surface area contributed by atoms with Gasteiger partial charge in [-0.25, -0.2) is 10.9 Å². The first-order valence-corrected chi connectivity index (χ1v) is 11.6. The van der Waals surface area contributed by atoms with E-state index in [1.807, 2.05) is 0 Å². The number of phenols is 1. The van der Waals surface area contributed by atoms with Crippen molar-refractivity contribution in [3.05, 3.63) is 35.9 Å². The zero-order valence-electron chi connectivity index (χ0n) is 18.3. The van der Waals surface area contributed by atoms with E-state index in [1.165, 1.54) is 19.7 Å². The smallest absolute Gasteiger partial charge is 0.243 e. The molecule has 0 aromatic heterocycles. The van der Waals surface area contributed by atoms with Gasteiger partial charge in [0, 0.05) is 30.6 Å². The number of hydrogen-bond donors (Lipinski definition) is 4. The second-order valence-corrected chi connectivity index (χ2v) is 9.10. The number of rotatable bonds is 6. The summed E-state index contributed by atoms with van der Waals surface area (Å²) in [5, 5.41) is 14.8. The van der Waals surface area contributed by atoms with Crippen LogP contribution in [0.4, 0.5) is 0 Å². The summed E-state index contributed by atoms with van der Waals surface area (Å²) in [7, 11) is 1.49. The van der Waals surface area contributed by atoms with Crippen molar-refractivity contribution in [3.8, 4) is 11.5 Å². The van der Waals surface area contributed by atoms with Crippen molar-refractivity contribution in [2.45, 2.75) is 38.1 Å². The van der Waals surface area contributed by atoms with Crippen LogP contribution >= 0.6 is 12.2 Å². The molecular formula is C23H31N5O3S. The molecular weight excluding hydrogens is 426 g/mol. The molecule has 1 saturated carbocycles. The van der Waals surface area contributed by atoms with Crippen LogP contribution in [0.25, 0.3) is 0 Å². The van der Waals surface area contributed by atoms with Crippen molar-refractivity contribution >= 4 is 29.5 Å². The van der Waals surface area contributed by atoms with Crippen LogP contribution in [0, 0.1) is 17.8 Å². The Bertz CT molecular complexity index is 906. The molecule has 4 atom stereocenters. The van der Waals surface area contributed by atoms with Gasteiger partial charge in [-0.15, -0.1) is 0 Å². The highest BCUT2D eigenvalue weighted by molar-refractivity contribution is 7.80. The van der Waals surface area contributed by atoms with E-state index in [2.05, 4.69) is 38.4 Å². The molecule has 4 rings (SSSR count). The van der Waals surface area contributed by atoms with Gasteiger partial charge in [0.05, 0.1) is 13.3 Å². The Balaban J connectivity index is 1.22. The van der Waals surface area contributed by atoms with Crippen molar-refractivity contribution in [2.75, 3.05) is 20.2 Å².